The summed E-state index contributed by atoms with van der Waals surface area (Å²) in [5, 5.41) is 0. The van der Waals surface area contributed by atoms with Crippen LogP contribution in [-0.2, 0) is 6.54 Å². The zero-order chi connectivity index (χ0) is 14.5. The highest BCUT2D eigenvalue weighted by Crippen LogP contribution is 2.28. The molecule has 0 spiro atoms. The molecule has 2 aromatic rings. The molecule has 0 aliphatic rings. The lowest BCUT2D eigenvalue weighted by molar-refractivity contribution is 0.342. The van der Waals surface area contributed by atoms with Gasteiger partial charge in [0.25, 0.3) is 0 Å². The molecule has 0 saturated carbocycles. The number of nitrogens with two attached hydrogens (primary N) is 1. The number of benzene rings is 2. The lowest BCUT2D eigenvalue weighted by Crippen LogP contribution is -2.16. The normalized spacial score (nSPS) is 10.3. The van der Waals surface area contributed by atoms with E-state index in [1.807, 2.05) is 25.1 Å². The molecule has 0 amide bonds. The summed E-state index contributed by atoms with van der Waals surface area (Å²) in [5.74, 6) is 0.751. The molecule has 0 bridgehead atoms. The van der Waals surface area contributed by atoms with Crippen molar-refractivity contribution in [3.8, 4) is 5.75 Å². The van der Waals surface area contributed by atoms with Crippen LogP contribution < -0.4 is 15.4 Å². The molecular weight excluding hydrogens is 248 g/mol. The van der Waals surface area contributed by atoms with Crippen molar-refractivity contribution in [3.63, 3.8) is 0 Å². The second-order valence-electron chi connectivity index (χ2n) is 5.00. The second kappa shape index (κ2) is 6.33. The van der Waals surface area contributed by atoms with Gasteiger partial charge in [-0.25, -0.2) is 0 Å². The number of hydrogen-bond acceptors (Lipinski definition) is 3. The van der Waals surface area contributed by atoms with Gasteiger partial charge in [0.1, 0.15) is 5.75 Å². The minimum Gasteiger partial charge on any atom is -0.492 e. The summed E-state index contributed by atoms with van der Waals surface area (Å²) in [5.41, 5.74) is 10.3. The first kappa shape index (κ1) is 14.3. The van der Waals surface area contributed by atoms with Crippen molar-refractivity contribution in [1.82, 2.24) is 0 Å². The van der Waals surface area contributed by atoms with E-state index in [9.17, 15) is 0 Å². The van der Waals surface area contributed by atoms with Gasteiger partial charge in [0.2, 0.25) is 0 Å². The summed E-state index contributed by atoms with van der Waals surface area (Å²) in [6.07, 6.45) is 0. The summed E-state index contributed by atoms with van der Waals surface area (Å²) in [7, 11) is 2.07. The zero-order valence-electron chi connectivity index (χ0n) is 12.4. The number of nitrogen functional groups attached to an aromatic ring is 1. The average Bonchev–Trinajstić information content (AvgIpc) is 2.41. The molecule has 0 unspecified atom stereocenters. The first-order valence-corrected chi connectivity index (χ1v) is 6.89. The van der Waals surface area contributed by atoms with Gasteiger partial charge in [-0.2, -0.15) is 0 Å². The van der Waals surface area contributed by atoms with Crippen LogP contribution in [0.3, 0.4) is 0 Å². The number of hydrogen-bond donors (Lipinski definition) is 1. The molecule has 3 heteroatoms. The van der Waals surface area contributed by atoms with E-state index in [1.165, 1.54) is 11.1 Å². The number of aryl methyl sites for hydroxylation is 1. The molecule has 0 heterocycles. The van der Waals surface area contributed by atoms with Crippen molar-refractivity contribution in [2.24, 2.45) is 0 Å². The maximum Gasteiger partial charge on any atom is 0.144 e. The Morgan fingerprint density at radius 3 is 2.65 bits per heavy atom. The monoisotopic (exact) mass is 270 g/mol. The Morgan fingerprint density at radius 1 is 1.15 bits per heavy atom. The average molecular weight is 270 g/mol. The lowest BCUT2D eigenvalue weighted by Gasteiger charge is -2.21. The van der Waals surface area contributed by atoms with Gasteiger partial charge in [0, 0.05) is 25.3 Å². The highest BCUT2D eigenvalue weighted by molar-refractivity contribution is 5.62. The summed E-state index contributed by atoms with van der Waals surface area (Å²) in [4.78, 5) is 2.19. The topological polar surface area (TPSA) is 38.5 Å². The van der Waals surface area contributed by atoms with Crippen LogP contribution in [-0.4, -0.2) is 13.7 Å². The maximum absolute atomic E-state index is 5.90. The lowest BCUT2D eigenvalue weighted by atomic mass is 10.1. The first-order valence-electron chi connectivity index (χ1n) is 6.89. The third-order valence-electron chi connectivity index (χ3n) is 3.24. The van der Waals surface area contributed by atoms with Crippen molar-refractivity contribution in [1.29, 1.82) is 0 Å². The van der Waals surface area contributed by atoms with E-state index in [-0.39, 0.29) is 0 Å². The van der Waals surface area contributed by atoms with Crippen molar-refractivity contribution < 1.29 is 4.74 Å². The van der Waals surface area contributed by atoms with Crippen LogP contribution in [0, 0.1) is 6.92 Å². The highest BCUT2D eigenvalue weighted by atomic mass is 16.5. The summed E-state index contributed by atoms with van der Waals surface area (Å²) in [6.45, 7) is 5.55. The van der Waals surface area contributed by atoms with E-state index in [2.05, 4.69) is 43.1 Å². The quantitative estimate of drug-likeness (QED) is 0.843. The number of rotatable bonds is 5. The van der Waals surface area contributed by atoms with Crippen LogP contribution in [0.5, 0.6) is 5.75 Å². The molecule has 0 saturated heterocycles. The zero-order valence-corrected chi connectivity index (χ0v) is 12.4. The van der Waals surface area contributed by atoms with Crippen LogP contribution in [0.15, 0.2) is 42.5 Å². The molecule has 2 N–H and O–H groups in total. The molecule has 0 atom stereocenters. The van der Waals surface area contributed by atoms with Crippen LogP contribution >= 0.6 is 0 Å². The van der Waals surface area contributed by atoms with E-state index in [4.69, 9.17) is 10.5 Å². The molecule has 0 radical (unpaired) electrons. The molecular formula is C17H22N2O. The van der Waals surface area contributed by atoms with Gasteiger partial charge in [0.05, 0.1) is 12.3 Å². The molecule has 3 nitrogen and oxygen atoms in total. The van der Waals surface area contributed by atoms with Crippen LogP contribution in [0.4, 0.5) is 11.4 Å². The molecule has 106 valence electrons. The smallest absolute Gasteiger partial charge is 0.144 e. The van der Waals surface area contributed by atoms with Gasteiger partial charge in [0.15, 0.2) is 0 Å². The van der Waals surface area contributed by atoms with Crippen LogP contribution in [0.25, 0.3) is 0 Å². The second-order valence-corrected chi connectivity index (χ2v) is 5.00. The predicted molar refractivity (Wildman–Crippen MR) is 85.3 cm³/mol. The molecule has 0 fully saturated rings. The molecule has 0 aliphatic heterocycles. The van der Waals surface area contributed by atoms with E-state index in [0.29, 0.717) is 12.3 Å². The van der Waals surface area contributed by atoms with E-state index in [0.717, 1.165) is 18.0 Å². The van der Waals surface area contributed by atoms with Gasteiger partial charge < -0.3 is 15.4 Å². The Balaban J connectivity index is 2.16. The summed E-state index contributed by atoms with van der Waals surface area (Å²) in [6, 6.07) is 14.5. The Morgan fingerprint density at radius 2 is 1.95 bits per heavy atom. The fraction of sp³-hybridized carbons (Fsp3) is 0.294. The fourth-order valence-electron chi connectivity index (χ4n) is 2.22. The molecule has 2 rings (SSSR count). The largest absolute Gasteiger partial charge is 0.492 e. The van der Waals surface area contributed by atoms with Crippen molar-refractivity contribution in [2.75, 3.05) is 24.3 Å². The van der Waals surface area contributed by atoms with Crippen LogP contribution in [0.2, 0.25) is 0 Å². The minimum absolute atomic E-state index is 0.620. The Kier molecular flexibility index (Phi) is 4.51. The molecule has 2 aromatic carbocycles. The first-order chi connectivity index (χ1) is 9.60. The Bertz CT molecular complexity index is 581. The minimum atomic E-state index is 0.620. The van der Waals surface area contributed by atoms with Crippen molar-refractivity contribution >= 4 is 11.4 Å². The van der Waals surface area contributed by atoms with Gasteiger partial charge in [-0.15, -0.1) is 0 Å². The number of nitrogens with zero attached hydrogens (tertiary/aromatic N) is 1. The molecule has 0 aliphatic carbocycles. The van der Waals surface area contributed by atoms with Crippen molar-refractivity contribution in [3.05, 3.63) is 53.6 Å². The van der Waals surface area contributed by atoms with E-state index >= 15 is 0 Å². The third kappa shape index (κ3) is 3.44. The molecule has 0 aromatic heterocycles. The van der Waals surface area contributed by atoms with Gasteiger partial charge in [-0.05, 0) is 31.5 Å². The Hall–Kier alpha value is -2.16. The Labute approximate surface area is 121 Å². The fourth-order valence-corrected chi connectivity index (χ4v) is 2.22. The highest BCUT2D eigenvalue weighted by Gasteiger charge is 2.06. The number of anilines is 2. The maximum atomic E-state index is 5.90. The van der Waals surface area contributed by atoms with Crippen LogP contribution in [0.1, 0.15) is 18.1 Å². The summed E-state index contributed by atoms with van der Waals surface area (Å²) >= 11 is 0. The van der Waals surface area contributed by atoms with Gasteiger partial charge in [-0.3, -0.25) is 0 Å². The third-order valence-corrected chi connectivity index (χ3v) is 3.24. The standard InChI is InChI=1S/C17H22N2O/c1-4-20-17-11-15(8-9-16(17)18)19(3)12-14-7-5-6-13(2)10-14/h5-11H,4,12,18H2,1-3H3. The van der Waals surface area contributed by atoms with Crippen molar-refractivity contribution in [2.45, 2.75) is 20.4 Å². The van der Waals surface area contributed by atoms with E-state index in [1.54, 1.807) is 0 Å². The number of ether oxygens (including phenoxy) is 1. The van der Waals surface area contributed by atoms with Gasteiger partial charge >= 0.3 is 0 Å². The predicted octanol–water partition coefficient (Wildman–Crippen LogP) is 3.61. The SMILES string of the molecule is CCOc1cc(N(C)Cc2cccc(C)c2)ccc1N. The molecule has 20 heavy (non-hydrogen) atoms. The van der Waals surface area contributed by atoms with Gasteiger partial charge in [-0.1, -0.05) is 29.8 Å². The van der Waals surface area contributed by atoms with E-state index < -0.39 is 0 Å². The summed E-state index contributed by atoms with van der Waals surface area (Å²) < 4.78 is 5.55.